The van der Waals surface area contributed by atoms with Gasteiger partial charge in [-0.15, -0.1) is 0 Å². The fourth-order valence-corrected chi connectivity index (χ4v) is 3.91. The summed E-state index contributed by atoms with van der Waals surface area (Å²) in [5, 5.41) is 4.75. The van der Waals surface area contributed by atoms with E-state index in [1.807, 2.05) is 64.1 Å². The molecule has 0 spiro atoms. The predicted octanol–water partition coefficient (Wildman–Crippen LogP) is 4.67. The summed E-state index contributed by atoms with van der Waals surface area (Å²) in [6, 6.07) is 12.0. The van der Waals surface area contributed by atoms with E-state index in [-0.39, 0.29) is 12.3 Å². The molecular formula is C25H25NO4. The van der Waals surface area contributed by atoms with Crippen LogP contribution in [0.15, 0.2) is 50.0 Å². The highest BCUT2D eigenvalue weighted by Gasteiger charge is 2.20. The van der Waals surface area contributed by atoms with Crippen molar-refractivity contribution < 1.29 is 13.6 Å². The van der Waals surface area contributed by atoms with Crippen molar-refractivity contribution >= 4 is 27.8 Å². The van der Waals surface area contributed by atoms with Crippen LogP contribution in [0.5, 0.6) is 0 Å². The molecule has 0 saturated carbocycles. The molecule has 4 aromatic rings. The highest BCUT2D eigenvalue weighted by atomic mass is 16.4. The number of hydrogen-bond donors (Lipinski definition) is 1. The van der Waals surface area contributed by atoms with Crippen molar-refractivity contribution in [3.05, 3.63) is 80.4 Å². The summed E-state index contributed by atoms with van der Waals surface area (Å²) in [5.74, 6) is 0.662. The van der Waals surface area contributed by atoms with Gasteiger partial charge in [0.2, 0.25) is 5.91 Å². The lowest BCUT2D eigenvalue weighted by Crippen LogP contribution is -2.29. The van der Waals surface area contributed by atoms with Crippen LogP contribution >= 0.6 is 0 Å². The van der Waals surface area contributed by atoms with Gasteiger partial charge < -0.3 is 14.2 Å². The lowest BCUT2D eigenvalue weighted by Gasteiger charge is -2.10. The number of rotatable bonds is 5. The third-order valence-electron chi connectivity index (χ3n) is 5.86. The van der Waals surface area contributed by atoms with Crippen molar-refractivity contribution in [1.29, 1.82) is 0 Å². The minimum absolute atomic E-state index is 0.000617. The van der Waals surface area contributed by atoms with Crippen LogP contribution in [0.1, 0.15) is 33.6 Å². The summed E-state index contributed by atoms with van der Waals surface area (Å²) in [6.45, 7) is 8.23. The second-order valence-electron chi connectivity index (χ2n) is 7.79. The van der Waals surface area contributed by atoms with Gasteiger partial charge in [0.25, 0.3) is 0 Å². The molecule has 154 valence electrons. The molecule has 2 aromatic heterocycles. The highest BCUT2D eigenvalue weighted by molar-refractivity contribution is 6.00. The van der Waals surface area contributed by atoms with Gasteiger partial charge in [-0.05, 0) is 56.9 Å². The molecule has 0 aliphatic carbocycles. The molecule has 0 fully saturated rings. The molecule has 2 heterocycles. The van der Waals surface area contributed by atoms with Gasteiger partial charge in [-0.1, -0.05) is 30.3 Å². The molecule has 30 heavy (non-hydrogen) atoms. The predicted molar refractivity (Wildman–Crippen MR) is 118 cm³/mol. The zero-order valence-electron chi connectivity index (χ0n) is 17.7. The molecule has 1 amide bonds. The maximum absolute atomic E-state index is 12.7. The molecule has 4 rings (SSSR count). The number of carbonyl (C=O) groups excluding carboxylic acids is 1. The smallest absolute Gasteiger partial charge is 0.340 e. The minimum atomic E-state index is -0.472. The number of fused-ring (bicyclic) bond motifs is 2. The molecule has 5 nitrogen and oxygen atoms in total. The lowest BCUT2D eigenvalue weighted by atomic mass is 9.98. The first-order valence-electron chi connectivity index (χ1n) is 10.1. The number of aryl methyl sites for hydroxylation is 4. The maximum atomic E-state index is 12.7. The van der Waals surface area contributed by atoms with Crippen LogP contribution in [0, 0.1) is 27.7 Å². The topological polar surface area (TPSA) is 72.5 Å². The van der Waals surface area contributed by atoms with Gasteiger partial charge in [0.05, 0.1) is 12.0 Å². The zero-order valence-corrected chi connectivity index (χ0v) is 17.7. The fraction of sp³-hybridized carbons (Fsp3) is 0.280. The summed E-state index contributed by atoms with van der Waals surface area (Å²) < 4.78 is 11.5. The number of hydrogen-bond acceptors (Lipinski definition) is 4. The van der Waals surface area contributed by atoms with Gasteiger partial charge in [-0.2, -0.15) is 0 Å². The average molecular weight is 403 g/mol. The Morgan fingerprint density at radius 1 is 0.900 bits per heavy atom. The van der Waals surface area contributed by atoms with Crippen molar-refractivity contribution in [2.75, 3.05) is 6.54 Å². The number of furan rings is 1. The molecule has 0 saturated heterocycles. The van der Waals surface area contributed by atoms with E-state index in [9.17, 15) is 9.59 Å². The van der Waals surface area contributed by atoms with Crippen LogP contribution in [-0.2, 0) is 17.6 Å². The highest BCUT2D eigenvalue weighted by Crippen LogP contribution is 2.34. The van der Waals surface area contributed by atoms with E-state index in [2.05, 4.69) is 5.32 Å². The Bertz CT molecular complexity index is 1310. The maximum Gasteiger partial charge on any atom is 0.340 e. The van der Waals surface area contributed by atoms with Crippen molar-refractivity contribution in [3.63, 3.8) is 0 Å². The van der Waals surface area contributed by atoms with Gasteiger partial charge >= 0.3 is 5.63 Å². The molecule has 0 unspecified atom stereocenters. The zero-order chi connectivity index (χ0) is 21.4. The molecular weight excluding hydrogens is 378 g/mol. The summed E-state index contributed by atoms with van der Waals surface area (Å²) in [6.07, 6.45) is 0.744. The van der Waals surface area contributed by atoms with E-state index in [1.54, 1.807) is 0 Å². The van der Waals surface area contributed by atoms with Gasteiger partial charge in [0.1, 0.15) is 16.9 Å². The second kappa shape index (κ2) is 7.82. The summed E-state index contributed by atoms with van der Waals surface area (Å²) in [7, 11) is 0. The summed E-state index contributed by atoms with van der Waals surface area (Å²) in [5.41, 5.74) is 5.00. The molecule has 0 bridgehead atoms. The SMILES string of the molecule is Cc1oc2c(C)c3oc(=O)c(CC(=O)NCCc4ccccc4)c(C)c3cc2c1C. The molecule has 2 aromatic carbocycles. The fourth-order valence-electron chi connectivity index (χ4n) is 3.91. The van der Waals surface area contributed by atoms with Gasteiger partial charge in [0.15, 0.2) is 0 Å². The van der Waals surface area contributed by atoms with Crippen molar-refractivity contribution in [2.45, 2.75) is 40.5 Å². The van der Waals surface area contributed by atoms with E-state index in [4.69, 9.17) is 8.83 Å². The number of amides is 1. The molecule has 0 aliphatic heterocycles. The molecule has 0 radical (unpaired) electrons. The lowest BCUT2D eigenvalue weighted by molar-refractivity contribution is -0.120. The van der Waals surface area contributed by atoms with Gasteiger partial charge in [-0.25, -0.2) is 4.79 Å². The second-order valence-corrected chi connectivity index (χ2v) is 7.79. The first kappa shape index (κ1) is 20.0. The van der Waals surface area contributed by atoms with Crippen LogP contribution in [0.25, 0.3) is 21.9 Å². The Balaban J connectivity index is 1.62. The number of benzene rings is 2. The van der Waals surface area contributed by atoms with Crippen LogP contribution < -0.4 is 10.9 Å². The van der Waals surface area contributed by atoms with Crippen LogP contribution in [0.4, 0.5) is 0 Å². The standard InChI is InChI=1S/C25H25NO4/c1-14-17(4)29-23-16(3)24-20(12-19(14)23)15(2)21(25(28)30-24)13-22(27)26-11-10-18-8-6-5-7-9-18/h5-9,12H,10-11,13H2,1-4H3,(H,26,27). The van der Waals surface area contributed by atoms with Gasteiger partial charge in [0, 0.05) is 22.9 Å². The Hall–Kier alpha value is -3.34. The molecule has 5 heteroatoms. The number of carbonyl (C=O) groups is 1. The van der Waals surface area contributed by atoms with Crippen molar-refractivity contribution in [2.24, 2.45) is 0 Å². The summed E-state index contributed by atoms with van der Waals surface area (Å²) >= 11 is 0. The Morgan fingerprint density at radius 3 is 2.30 bits per heavy atom. The Kier molecular flexibility index (Phi) is 5.20. The van der Waals surface area contributed by atoms with E-state index >= 15 is 0 Å². The molecule has 0 aliphatic rings. The monoisotopic (exact) mass is 403 g/mol. The Morgan fingerprint density at radius 2 is 1.57 bits per heavy atom. The van der Waals surface area contributed by atoms with E-state index in [0.29, 0.717) is 17.7 Å². The average Bonchev–Trinajstić information content (AvgIpc) is 3.02. The van der Waals surface area contributed by atoms with Crippen LogP contribution in [-0.4, -0.2) is 12.5 Å². The quantitative estimate of drug-likeness (QED) is 0.491. The largest absolute Gasteiger partial charge is 0.461 e. The van der Waals surface area contributed by atoms with Crippen molar-refractivity contribution in [3.8, 4) is 0 Å². The Labute approximate surface area is 174 Å². The first-order valence-corrected chi connectivity index (χ1v) is 10.1. The van der Waals surface area contributed by atoms with Crippen LogP contribution in [0.2, 0.25) is 0 Å². The third-order valence-corrected chi connectivity index (χ3v) is 5.86. The van der Waals surface area contributed by atoms with Gasteiger partial charge in [-0.3, -0.25) is 4.79 Å². The first-order chi connectivity index (χ1) is 14.4. The molecule has 1 N–H and O–H groups in total. The van der Waals surface area contributed by atoms with E-state index in [1.165, 1.54) is 0 Å². The van der Waals surface area contributed by atoms with Crippen LogP contribution in [0.3, 0.4) is 0 Å². The normalized spacial score (nSPS) is 11.3. The van der Waals surface area contributed by atoms with E-state index < -0.39 is 5.63 Å². The summed E-state index contributed by atoms with van der Waals surface area (Å²) in [4.78, 5) is 25.1. The number of nitrogens with one attached hydrogen (secondary N) is 1. The minimum Gasteiger partial charge on any atom is -0.461 e. The molecule has 0 atom stereocenters. The van der Waals surface area contributed by atoms with Crippen molar-refractivity contribution in [1.82, 2.24) is 5.32 Å². The van der Waals surface area contributed by atoms with E-state index in [0.717, 1.165) is 50.8 Å². The third kappa shape index (κ3) is 3.52.